The van der Waals surface area contributed by atoms with E-state index in [0.29, 0.717) is 23.0 Å². The highest BCUT2D eigenvalue weighted by Gasteiger charge is 1.98. The number of nitrogens with two attached hydrogens (primary N) is 1. The van der Waals surface area contributed by atoms with Gasteiger partial charge in [-0.15, -0.1) is 0 Å². The quantitative estimate of drug-likeness (QED) is 0.772. The Kier molecular flexibility index (Phi) is 5.60. The smallest absolute Gasteiger partial charge is 0.217 e. The van der Waals surface area contributed by atoms with Gasteiger partial charge >= 0.3 is 0 Å². The summed E-state index contributed by atoms with van der Waals surface area (Å²) in [5, 5.41) is 4.44. The van der Waals surface area contributed by atoms with Gasteiger partial charge in [-0.05, 0) is 36.7 Å². The van der Waals surface area contributed by atoms with Crippen molar-refractivity contribution >= 4 is 29.1 Å². The number of primary amides is 1. The lowest BCUT2D eigenvalue weighted by molar-refractivity contribution is -0.118. The van der Waals surface area contributed by atoms with Crippen LogP contribution in [0.5, 0.6) is 0 Å². The molecule has 0 aromatic heterocycles. The van der Waals surface area contributed by atoms with E-state index in [1.807, 2.05) is 12.1 Å². The van der Waals surface area contributed by atoms with Gasteiger partial charge < -0.3 is 11.1 Å². The number of hydrogen-bond donors (Lipinski definition) is 2. The maximum atomic E-state index is 10.5. The van der Waals surface area contributed by atoms with Crippen molar-refractivity contribution in [2.45, 2.75) is 19.4 Å². The van der Waals surface area contributed by atoms with Crippen LogP contribution in [0, 0.1) is 0 Å². The molecule has 1 rings (SSSR count). The number of amides is 1. The van der Waals surface area contributed by atoms with Gasteiger partial charge in [0.1, 0.15) is 0 Å². The highest BCUT2D eigenvalue weighted by atomic mass is 35.5. The first-order valence-corrected chi connectivity index (χ1v) is 5.77. The number of carbonyl (C=O) groups is 1. The van der Waals surface area contributed by atoms with Crippen LogP contribution < -0.4 is 11.1 Å². The lowest BCUT2D eigenvalue weighted by Crippen LogP contribution is -2.18. The average Bonchev–Trinajstić information content (AvgIpc) is 2.15. The molecular formula is C11H14Cl2N2O. The third kappa shape index (κ3) is 5.35. The van der Waals surface area contributed by atoms with Gasteiger partial charge in [-0.1, -0.05) is 23.2 Å². The maximum absolute atomic E-state index is 10.5. The summed E-state index contributed by atoms with van der Waals surface area (Å²) in [6.45, 7) is 1.42. The lowest BCUT2D eigenvalue weighted by atomic mass is 10.2. The lowest BCUT2D eigenvalue weighted by Gasteiger charge is -2.05. The standard InChI is InChI=1S/C11H14Cl2N2O/c12-9-4-8(5-10(13)6-9)7-15-3-1-2-11(14)16/h4-6,15H,1-3,7H2,(H2,14,16). The molecule has 5 heteroatoms. The first kappa shape index (κ1) is 13.3. The summed E-state index contributed by atoms with van der Waals surface area (Å²) in [5.41, 5.74) is 6.05. The summed E-state index contributed by atoms with van der Waals surface area (Å²) >= 11 is 11.7. The third-order valence-electron chi connectivity index (χ3n) is 2.03. The Morgan fingerprint density at radius 3 is 2.44 bits per heavy atom. The highest BCUT2D eigenvalue weighted by molar-refractivity contribution is 6.34. The van der Waals surface area contributed by atoms with Crippen LogP contribution in [0.15, 0.2) is 18.2 Å². The molecule has 1 amide bonds. The van der Waals surface area contributed by atoms with E-state index in [1.54, 1.807) is 6.07 Å². The SMILES string of the molecule is NC(=O)CCCNCc1cc(Cl)cc(Cl)c1. The Hall–Kier alpha value is -0.770. The molecule has 0 spiro atoms. The molecule has 0 aliphatic heterocycles. The first-order chi connectivity index (χ1) is 7.58. The second-order valence-electron chi connectivity index (χ2n) is 3.52. The molecule has 88 valence electrons. The molecule has 0 aliphatic carbocycles. The summed E-state index contributed by atoms with van der Waals surface area (Å²) in [6, 6.07) is 5.41. The van der Waals surface area contributed by atoms with Gasteiger partial charge in [0.25, 0.3) is 0 Å². The average molecular weight is 261 g/mol. The number of halogens is 2. The summed E-state index contributed by atoms with van der Waals surface area (Å²) in [4.78, 5) is 10.5. The largest absolute Gasteiger partial charge is 0.370 e. The van der Waals surface area contributed by atoms with Crippen molar-refractivity contribution in [3.63, 3.8) is 0 Å². The van der Waals surface area contributed by atoms with E-state index < -0.39 is 0 Å². The molecule has 3 nitrogen and oxygen atoms in total. The van der Waals surface area contributed by atoms with Gasteiger partial charge in [0, 0.05) is 23.0 Å². The number of carbonyl (C=O) groups excluding carboxylic acids is 1. The van der Waals surface area contributed by atoms with Crippen molar-refractivity contribution in [3.05, 3.63) is 33.8 Å². The summed E-state index contributed by atoms with van der Waals surface area (Å²) in [6.07, 6.45) is 1.15. The Labute approximate surface area is 105 Å². The second-order valence-corrected chi connectivity index (χ2v) is 4.40. The molecule has 0 atom stereocenters. The van der Waals surface area contributed by atoms with Gasteiger partial charge in [0.2, 0.25) is 5.91 Å². The zero-order valence-electron chi connectivity index (χ0n) is 8.80. The molecule has 0 saturated carbocycles. The van der Waals surface area contributed by atoms with Gasteiger partial charge in [0.05, 0.1) is 0 Å². The van der Waals surface area contributed by atoms with Crippen molar-refractivity contribution in [1.82, 2.24) is 5.32 Å². The fraction of sp³-hybridized carbons (Fsp3) is 0.364. The molecule has 16 heavy (non-hydrogen) atoms. The molecule has 0 heterocycles. The van der Waals surface area contributed by atoms with Crippen LogP contribution in [-0.2, 0) is 11.3 Å². The minimum atomic E-state index is -0.271. The van der Waals surface area contributed by atoms with E-state index in [2.05, 4.69) is 5.32 Å². The van der Waals surface area contributed by atoms with Crippen molar-refractivity contribution in [2.24, 2.45) is 5.73 Å². The third-order valence-corrected chi connectivity index (χ3v) is 2.46. The monoisotopic (exact) mass is 260 g/mol. The molecule has 0 unspecified atom stereocenters. The molecule has 0 bridgehead atoms. The van der Waals surface area contributed by atoms with E-state index in [-0.39, 0.29) is 5.91 Å². The highest BCUT2D eigenvalue weighted by Crippen LogP contribution is 2.18. The Morgan fingerprint density at radius 2 is 1.88 bits per heavy atom. The normalized spacial score (nSPS) is 10.4. The van der Waals surface area contributed by atoms with Crippen LogP contribution in [-0.4, -0.2) is 12.5 Å². The summed E-state index contributed by atoms with van der Waals surface area (Å²) in [7, 11) is 0. The molecule has 3 N–H and O–H groups in total. The van der Waals surface area contributed by atoms with E-state index in [4.69, 9.17) is 28.9 Å². The zero-order valence-corrected chi connectivity index (χ0v) is 10.3. The molecule has 1 aromatic carbocycles. The number of benzene rings is 1. The minimum absolute atomic E-state index is 0.271. The second kappa shape index (κ2) is 6.74. The summed E-state index contributed by atoms with van der Waals surface area (Å²) in [5.74, 6) is -0.271. The Morgan fingerprint density at radius 1 is 1.25 bits per heavy atom. The van der Waals surface area contributed by atoms with Crippen LogP contribution in [0.3, 0.4) is 0 Å². The zero-order chi connectivity index (χ0) is 12.0. The molecular weight excluding hydrogens is 247 g/mol. The number of nitrogens with one attached hydrogen (secondary N) is 1. The fourth-order valence-electron chi connectivity index (χ4n) is 1.33. The van der Waals surface area contributed by atoms with Crippen LogP contribution in [0.25, 0.3) is 0 Å². The van der Waals surface area contributed by atoms with Gasteiger partial charge in [-0.3, -0.25) is 4.79 Å². The maximum Gasteiger partial charge on any atom is 0.217 e. The Balaban J connectivity index is 2.29. The molecule has 1 aromatic rings. The minimum Gasteiger partial charge on any atom is -0.370 e. The molecule has 0 saturated heterocycles. The van der Waals surface area contributed by atoms with Crippen molar-refractivity contribution in [3.8, 4) is 0 Å². The number of hydrogen-bond acceptors (Lipinski definition) is 2. The predicted octanol–water partition coefficient (Wildman–Crippen LogP) is 2.35. The van der Waals surface area contributed by atoms with E-state index in [0.717, 1.165) is 18.5 Å². The van der Waals surface area contributed by atoms with E-state index >= 15 is 0 Å². The van der Waals surface area contributed by atoms with Crippen LogP contribution >= 0.6 is 23.2 Å². The van der Waals surface area contributed by atoms with Crippen LogP contribution in [0.2, 0.25) is 10.0 Å². The molecule has 0 radical (unpaired) electrons. The fourth-order valence-corrected chi connectivity index (χ4v) is 1.90. The van der Waals surface area contributed by atoms with Crippen molar-refractivity contribution < 1.29 is 4.79 Å². The van der Waals surface area contributed by atoms with Gasteiger partial charge in [-0.25, -0.2) is 0 Å². The van der Waals surface area contributed by atoms with E-state index in [1.165, 1.54) is 0 Å². The molecule has 0 aliphatic rings. The van der Waals surface area contributed by atoms with Crippen LogP contribution in [0.1, 0.15) is 18.4 Å². The summed E-state index contributed by atoms with van der Waals surface area (Å²) < 4.78 is 0. The van der Waals surface area contributed by atoms with Crippen molar-refractivity contribution in [2.75, 3.05) is 6.54 Å². The van der Waals surface area contributed by atoms with E-state index in [9.17, 15) is 4.79 Å². The number of rotatable bonds is 6. The molecule has 0 fully saturated rings. The van der Waals surface area contributed by atoms with Gasteiger partial charge in [0.15, 0.2) is 0 Å². The first-order valence-electron chi connectivity index (χ1n) is 5.02. The van der Waals surface area contributed by atoms with Gasteiger partial charge in [-0.2, -0.15) is 0 Å². The van der Waals surface area contributed by atoms with Crippen molar-refractivity contribution in [1.29, 1.82) is 0 Å². The topological polar surface area (TPSA) is 55.1 Å². The predicted molar refractivity (Wildman–Crippen MR) is 66.6 cm³/mol. The van der Waals surface area contributed by atoms with Crippen LogP contribution in [0.4, 0.5) is 0 Å². The Bertz CT molecular complexity index is 349.